The summed E-state index contributed by atoms with van der Waals surface area (Å²) in [5.41, 5.74) is 1.31. The Hall–Kier alpha value is -2.21. The van der Waals surface area contributed by atoms with Crippen LogP contribution in [0.5, 0.6) is 5.75 Å². The van der Waals surface area contributed by atoms with Crippen LogP contribution in [0, 0.1) is 5.92 Å². The first-order valence-corrected chi connectivity index (χ1v) is 10.3. The number of aryl methyl sites for hydroxylation is 1. The van der Waals surface area contributed by atoms with Crippen molar-refractivity contribution in [2.75, 3.05) is 26.2 Å². The molecule has 0 saturated carbocycles. The predicted octanol–water partition coefficient (Wildman–Crippen LogP) is 3.37. The topological polar surface area (TPSA) is 54.7 Å². The van der Waals surface area contributed by atoms with Gasteiger partial charge in [0.2, 0.25) is 0 Å². The van der Waals surface area contributed by atoms with Crippen LogP contribution < -0.4 is 10.1 Å². The molecule has 1 saturated heterocycles. The molecule has 1 aliphatic rings. The Kier molecular flexibility index (Phi) is 7.20. The minimum atomic E-state index is -0.0105. The largest absolute Gasteiger partial charge is 0.489 e. The van der Waals surface area contributed by atoms with E-state index < -0.39 is 0 Å². The molecule has 28 heavy (non-hydrogen) atoms. The maximum absolute atomic E-state index is 5.94. The van der Waals surface area contributed by atoms with Gasteiger partial charge in [-0.1, -0.05) is 11.6 Å². The van der Waals surface area contributed by atoms with Gasteiger partial charge in [0, 0.05) is 37.9 Å². The molecule has 1 fully saturated rings. The molecule has 0 aliphatic carbocycles. The van der Waals surface area contributed by atoms with E-state index in [-0.39, 0.29) is 6.10 Å². The fraction of sp³-hybridized carbons (Fsp3) is 0.524. The number of guanidine groups is 1. The van der Waals surface area contributed by atoms with Crippen molar-refractivity contribution in [3.63, 3.8) is 0 Å². The van der Waals surface area contributed by atoms with Gasteiger partial charge in [-0.2, -0.15) is 5.10 Å². The smallest absolute Gasteiger partial charge is 0.194 e. The molecule has 2 heterocycles. The molecule has 1 aromatic heterocycles. The van der Waals surface area contributed by atoms with Crippen LogP contribution in [-0.4, -0.2) is 52.9 Å². The van der Waals surface area contributed by atoms with E-state index in [0.29, 0.717) is 17.5 Å². The molecule has 2 unspecified atom stereocenters. The van der Waals surface area contributed by atoms with E-state index in [1.165, 1.54) is 12.0 Å². The number of aliphatic imine (C=N–C) groups is 1. The molecule has 0 spiro atoms. The number of nitrogens with zero attached hydrogens (tertiary/aromatic N) is 4. The highest BCUT2D eigenvalue weighted by molar-refractivity contribution is 6.30. The lowest BCUT2D eigenvalue weighted by molar-refractivity contribution is 0.229. The average Bonchev–Trinajstić information content (AvgIpc) is 3.30. The second-order valence-electron chi connectivity index (χ2n) is 7.40. The van der Waals surface area contributed by atoms with Crippen molar-refractivity contribution in [2.45, 2.75) is 32.8 Å². The second-order valence-corrected chi connectivity index (χ2v) is 7.84. The van der Waals surface area contributed by atoms with Gasteiger partial charge in [-0.3, -0.25) is 4.68 Å². The molecule has 1 N–H and O–H groups in total. The van der Waals surface area contributed by atoms with E-state index in [9.17, 15) is 0 Å². The molecule has 1 aromatic carbocycles. The first kappa shape index (κ1) is 20.5. The third kappa shape index (κ3) is 5.89. The lowest BCUT2D eigenvalue weighted by Gasteiger charge is -2.22. The van der Waals surface area contributed by atoms with Crippen molar-refractivity contribution in [3.05, 3.63) is 47.2 Å². The summed E-state index contributed by atoms with van der Waals surface area (Å²) >= 11 is 5.93. The molecule has 152 valence electrons. The van der Waals surface area contributed by atoms with E-state index in [1.807, 2.05) is 49.1 Å². The number of hydrogen-bond donors (Lipinski definition) is 1. The van der Waals surface area contributed by atoms with Gasteiger partial charge < -0.3 is 15.0 Å². The number of aromatic nitrogens is 2. The van der Waals surface area contributed by atoms with Gasteiger partial charge in [0.1, 0.15) is 11.9 Å². The van der Waals surface area contributed by atoms with Gasteiger partial charge in [-0.15, -0.1) is 0 Å². The minimum absolute atomic E-state index is 0.0105. The molecule has 7 heteroatoms. The lowest BCUT2D eigenvalue weighted by atomic mass is 10.0. The van der Waals surface area contributed by atoms with Crippen LogP contribution in [0.25, 0.3) is 0 Å². The number of halogens is 1. The van der Waals surface area contributed by atoms with E-state index in [2.05, 4.69) is 28.4 Å². The Labute approximate surface area is 172 Å². The summed E-state index contributed by atoms with van der Waals surface area (Å²) in [7, 11) is 1.97. The highest BCUT2D eigenvalue weighted by atomic mass is 35.5. The Bertz CT molecular complexity index is 773. The number of nitrogens with one attached hydrogen (secondary N) is 1. The normalized spacial score (nSPS) is 18.4. The van der Waals surface area contributed by atoms with Crippen LogP contribution in [-0.2, 0) is 13.5 Å². The molecule has 2 atom stereocenters. The number of benzene rings is 1. The van der Waals surface area contributed by atoms with E-state index in [0.717, 1.165) is 37.8 Å². The van der Waals surface area contributed by atoms with Gasteiger partial charge in [-0.05, 0) is 62.4 Å². The lowest BCUT2D eigenvalue weighted by Crippen LogP contribution is -2.40. The highest BCUT2D eigenvalue weighted by Gasteiger charge is 2.25. The van der Waals surface area contributed by atoms with Crippen LogP contribution in [0.15, 0.2) is 41.7 Å². The Balaban J connectivity index is 1.53. The van der Waals surface area contributed by atoms with Crippen molar-refractivity contribution >= 4 is 17.6 Å². The van der Waals surface area contributed by atoms with Crippen molar-refractivity contribution < 1.29 is 4.74 Å². The summed E-state index contributed by atoms with van der Waals surface area (Å²) in [6.45, 7) is 7.66. The van der Waals surface area contributed by atoms with Crippen molar-refractivity contribution in [2.24, 2.45) is 18.0 Å². The van der Waals surface area contributed by atoms with Gasteiger partial charge in [-0.25, -0.2) is 4.99 Å². The van der Waals surface area contributed by atoms with E-state index in [1.54, 1.807) is 0 Å². The predicted molar refractivity (Wildman–Crippen MR) is 114 cm³/mol. The number of rotatable bonds is 7. The SMILES string of the molecule is CCNC(=NCC(C)Oc1ccc(Cl)cc1)N1CCC(Cc2cnn(C)c2)C1. The second kappa shape index (κ2) is 9.82. The van der Waals surface area contributed by atoms with Crippen LogP contribution in [0.4, 0.5) is 0 Å². The molecule has 6 nitrogen and oxygen atoms in total. The zero-order valence-corrected chi connectivity index (χ0v) is 17.7. The van der Waals surface area contributed by atoms with Crippen LogP contribution in [0.2, 0.25) is 5.02 Å². The maximum atomic E-state index is 5.94. The number of ether oxygens (including phenoxy) is 1. The average molecular weight is 404 g/mol. The van der Waals surface area contributed by atoms with Crippen molar-refractivity contribution in [1.29, 1.82) is 0 Å². The molecule has 0 radical (unpaired) electrons. The molecular formula is C21H30ClN5O. The summed E-state index contributed by atoms with van der Waals surface area (Å²) in [6, 6.07) is 7.45. The van der Waals surface area contributed by atoms with Crippen molar-refractivity contribution in [1.82, 2.24) is 20.0 Å². The van der Waals surface area contributed by atoms with Gasteiger partial charge >= 0.3 is 0 Å². The fourth-order valence-electron chi connectivity index (χ4n) is 3.53. The fourth-order valence-corrected chi connectivity index (χ4v) is 3.65. The summed E-state index contributed by atoms with van der Waals surface area (Å²) in [5, 5.41) is 8.41. The first-order chi connectivity index (χ1) is 13.5. The van der Waals surface area contributed by atoms with Gasteiger partial charge in [0.25, 0.3) is 0 Å². The summed E-state index contributed by atoms with van der Waals surface area (Å²) in [5.74, 6) is 2.42. The van der Waals surface area contributed by atoms with E-state index >= 15 is 0 Å². The monoisotopic (exact) mass is 403 g/mol. The standard InChI is InChI=1S/C21H30ClN5O/c1-4-23-21(24-12-16(2)28-20-7-5-19(22)6-8-20)27-10-9-17(15-27)11-18-13-25-26(3)14-18/h5-8,13-14,16-17H,4,9-12,15H2,1-3H3,(H,23,24). The zero-order valence-electron chi connectivity index (χ0n) is 16.9. The summed E-state index contributed by atoms with van der Waals surface area (Å²) in [4.78, 5) is 7.18. The van der Waals surface area contributed by atoms with E-state index in [4.69, 9.17) is 21.3 Å². The molecule has 1 aliphatic heterocycles. The van der Waals surface area contributed by atoms with Crippen molar-refractivity contribution in [3.8, 4) is 5.75 Å². The Morgan fingerprint density at radius 3 is 2.86 bits per heavy atom. The molecule has 2 aromatic rings. The molecule has 0 amide bonds. The van der Waals surface area contributed by atoms with Crippen LogP contribution in [0.1, 0.15) is 25.8 Å². The third-order valence-electron chi connectivity index (χ3n) is 4.85. The Morgan fingerprint density at radius 1 is 1.39 bits per heavy atom. The quantitative estimate of drug-likeness (QED) is 0.568. The highest BCUT2D eigenvalue weighted by Crippen LogP contribution is 2.21. The minimum Gasteiger partial charge on any atom is -0.489 e. The van der Waals surface area contributed by atoms with Crippen LogP contribution >= 0.6 is 11.6 Å². The third-order valence-corrected chi connectivity index (χ3v) is 5.10. The summed E-state index contributed by atoms with van der Waals surface area (Å²) < 4.78 is 7.81. The maximum Gasteiger partial charge on any atom is 0.194 e. The molecule has 3 rings (SSSR count). The Morgan fingerprint density at radius 2 is 2.18 bits per heavy atom. The van der Waals surface area contributed by atoms with Crippen LogP contribution in [0.3, 0.4) is 0 Å². The summed E-state index contributed by atoms with van der Waals surface area (Å²) in [6.07, 6.45) is 6.31. The molecular weight excluding hydrogens is 374 g/mol. The zero-order chi connectivity index (χ0) is 19.9. The first-order valence-electron chi connectivity index (χ1n) is 9.96. The van der Waals surface area contributed by atoms with Gasteiger partial charge in [0.15, 0.2) is 5.96 Å². The van der Waals surface area contributed by atoms with Gasteiger partial charge in [0.05, 0.1) is 12.7 Å². The molecule has 0 bridgehead atoms. The number of likely N-dealkylation sites (tertiary alicyclic amines) is 1. The number of hydrogen-bond acceptors (Lipinski definition) is 3.